The fourth-order valence-electron chi connectivity index (χ4n) is 3.71. The van der Waals surface area contributed by atoms with Gasteiger partial charge in [-0.2, -0.15) is 0 Å². The first-order valence-electron chi connectivity index (χ1n) is 8.68. The third-order valence-corrected chi connectivity index (χ3v) is 5.17. The van der Waals surface area contributed by atoms with Crippen molar-refractivity contribution in [1.29, 1.82) is 0 Å². The molecule has 2 unspecified atom stereocenters. The number of nitrogens with one attached hydrogen (secondary N) is 2. The second-order valence-corrected chi connectivity index (χ2v) is 6.77. The third kappa shape index (κ3) is 3.29. The van der Waals surface area contributed by atoms with Gasteiger partial charge in [0.2, 0.25) is 0 Å². The molecule has 1 aromatic rings. The smallest absolute Gasteiger partial charge is 0.127 e. The van der Waals surface area contributed by atoms with Crippen LogP contribution in [0.3, 0.4) is 0 Å². The Morgan fingerprint density at radius 2 is 2.09 bits per heavy atom. The molecular weight excluding hydrogens is 275 g/mol. The van der Waals surface area contributed by atoms with Gasteiger partial charge in [0.25, 0.3) is 0 Å². The highest BCUT2D eigenvalue weighted by atomic mass is 19.1. The van der Waals surface area contributed by atoms with Crippen molar-refractivity contribution in [2.24, 2.45) is 0 Å². The van der Waals surface area contributed by atoms with Gasteiger partial charge in [0.15, 0.2) is 0 Å². The van der Waals surface area contributed by atoms with Gasteiger partial charge in [-0.05, 0) is 49.3 Å². The minimum absolute atomic E-state index is 0.0250. The van der Waals surface area contributed by atoms with Crippen LogP contribution in [0.2, 0.25) is 0 Å². The summed E-state index contributed by atoms with van der Waals surface area (Å²) in [4.78, 5) is 0. The molecule has 120 valence electrons. The predicted molar refractivity (Wildman–Crippen MR) is 89.1 cm³/mol. The molecule has 0 saturated heterocycles. The molecule has 22 heavy (non-hydrogen) atoms. The second-order valence-electron chi connectivity index (χ2n) is 6.77. The van der Waals surface area contributed by atoms with Crippen molar-refractivity contribution in [3.05, 3.63) is 47.0 Å². The van der Waals surface area contributed by atoms with E-state index in [9.17, 15) is 4.39 Å². The van der Waals surface area contributed by atoms with Gasteiger partial charge in [0.1, 0.15) is 5.82 Å². The van der Waals surface area contributed by atoms with Crippen molar-refractivity contribution in [2.45, 2.75) is 70.4 Å². The van der Waals surface area contributed by atoms with Crippen LogP contribution in [0.1, 0.15) is 75.5 Å². The number of benzene rings is 1. The standard InChI is InChI=1S/C19H27FN2/c1-3-16-11-17(12-21-16)22-13(2)15-8-9-18(19(20)10-15)14-6-4-5-7-14/h8-10,12-14,16,21-22H,3-7,11H2,1-2H3. The lowest BCUT2D eigenvalue weighted by atomic mass is 9.94. The maximum atomic E-state index is 14.4. The summed E-state index contributed by atoms with van der Waals surface area (Å²) in [5.41, 5.74) is 3.17. The van der Waals surface area contributed by atoms with Crippen LogP contribution < -0.4 is 10.6 Å². The fourth-order valence-corrected chi connectivity index (χ4v) is 3.71. The Balaban J connectivity index is 1.65. The number of hydrogen-bond acceptors (Lipinski definition) is 2. The molecule has 3 rings (SSSR count). The lowest BCUT2D eigenvalue weighted by Gasteiger charge is -2.19. The molecule has 2 aliphatic rings. The van der Waals surface area contributed by atoms with E-state index in [4.69, 9.17) is 0 Å². The van der Waals surface area contributed by atoms with E-state index in [2.05, 4.69) is 36.7 Å². The van der Waals surface area contributed by atoms with Crippen molar-refractivity contribution in [1.82, 2.24) is 10.6 Å². The van der Waals surface area contributed by atoms with E-state index in [1.807, 2.05) is 6.07 Å². The molecule has 0 aromatic heterocycles. The first-order valence-corrected chi connectivity index (χ1v) is 8.68. The molecule has 0 spiro atoms. The van der Waals surface area contributed by atoms with Gasteiger partial charge >= 0.3 is 0 Å². The Labute approximate surface area is 133 Å². The summed E-state index contributed by atoms with van der Waals surface area (Å²) in [5.74, 6) is 0.410. The molecule has 1 saturated carbocycles. The number of halogens is 1. The van der Waals surface area contributed by atoms with Crippen LogP contribution in [0.15, 0.2) is 30.1 Å². The van der Waals surface area contributed by atoms with Crippen LogP contribution in [0.4, 0.5) is 4.39 Å². The Morgan fingerprint density at radius 1 is 1.32 bits per heavy atom. The Morgan fingerprint density at radius 3 is 2.73 bits per heavy atom. The highest BCUT2D eigenvalue weighted by Crippen LogP contribution is 2.36. The molecule has 2 atom stereocenters. The van der Waals surface area contributed by atoms with E-state index in [1.165, 1.54) is 18.5 Å². The Hall–Kier alpha value is -1.51. The van der Waals surface area contributed by atoms with E-state index < -0.39 is 0 Å². The van der Waals surface area contributed by atoms with Crippen molar-refractivity contribution in [2.75, 3.05) is 0 Å². The maximum Gasteiger partial charge on any atom is 0.127 e. The van der Waals surface area contributed by atoms with E-state index in [1.54, 1.807) is 6.07 Å². The zero-order valence-electron chi connectivity index (χ0n) is 13.7. The quantitative estimate of drug-likeness (QED) is 0.820. The van der Waals surface area contributed by atoms with Gasteiger partial charge in [-0.15, -0.1) is 0 Å². The molecule has 0 bridgehead atoms. The molecule has 0 radical (unpaired) electrons. The zero-order valence-corrected chi connectivity index (χ0v) is 13.7. The summed E-state index contributed by atoms with van der Waals surface area (Å²) < 4.78 is 14.4. The molecular formula is C19H27FN2. The topological polar surface area (TPSA) is 24.1 Å². The molecule has 1 aliphatic carbocycles. The van der Waals surface area contributed by atoms with Crippen molar-refractivity contribution >= 4 is 0 Å². The molecule has 1 aliphatic heterocycles. The molecule has 2 nitrogen and oxygen atoms in total. The van der Waals surface area contributed by atoms with Crippen LogP contribution >= 0.6 is 0 Å². The summed E-state index contributed by atoms with van der Waals surface area (Å²) in [5, 5.41) is 6.88. The predicted octanol–water partition coefficient (Wildman–Crippen LogP) is 4.75. The summed E-state index contributed by atoms with van der Waals surface area (Å²) in [6.07, 6.45) is 8.98. The van der Waals surface area contributed by atoms with Crippen LogP contribution in [0.5, 0.6) is 0 Å². The van der Waals surface area contributed by atoms with E-state index in [0.29, 0.717) is 12.0 Å². The molecule has 1 aromatic carbocycles. The molecule has 0 amide bonds. The summed E-state index contributed by atoms with van der Waals surface area (Å²) in [6, 6.07) is 6.50. The minimum atomic E-state index is -0.0250. The van der Waals surface area contributed by atoms with Gasteiger partial charge in [-0.3, -0.25) is 0 Å². The third-order valence-electron chi connectivity index (χ3n) is 5.17. The molecule has 3 heteroatoms. The maximum absolute atomic E-state index is 14.4. The van der Waals surface area contributed by atoms with E-state index in [-0.39, 0.29) is 11.9 Å². The van der Waals surface area contributed by atoms with Crippen LogP contribution in [0, 0.1) is 5.82 Å². The molecule has 1 heterocycles. The van der Waals surface area contributed by atoms with E-state index >= 15 is 0 Å². The summed E-state index contributed by atoms with van der Waals surface area (Å²) >= 11 is 0. The van der Waals surface area contributed by atoms with Crippen molar-refractivity contribution in [3.63, 3.8) is 0 Å². The van der Waals surface area contributed by atoms with Crippen LogP contribution in [-0.2, 0) is 0 Å². The number of hydrogen-bond donors (Lipinski definition) is 2. The minimum Gasteiger partial charge on any atom is -0.386 e. The second kappa shape index (κ2) is 6.72. The molecule has 1 fully saturated rings. The monoisotopic (exact) mass is 302 g/mol. The first-order chi connectivity index (χ1) is 10.7. The van der Waals surface area contributed by atoms with Crippen LogP contribution in [-0.4, -0.2) is 6.04 Å². The fraction of sp³-hybridized carbons (Fsp3) is 0.579. The average Bonchev–Trinajstić information content (AvgIpc) is 3.18. The molecule has 2 N–H and O–H groups in total. The van der Waals surface area contributed by atoms with Gasteiger partial charge in [0.05, 0.1) is 0 Å². The van der Waals surface area contributed by atoms with Gasteiger partial charge < -0.3 is 10.6 Å². The SMILES string of the molecule is CCC1CC(NC(C)c2ccc(C3CCCC3)c(F)c2)=CN1. The van der Waals surface area contributed by atoms with Crippen LogP contribution in [0.25, 0.3) is 0 Å². The van der Waals surface area contributed by atoms with Crippen molar-refractivity contribution in [3.8, 4) is 0 Å². The highest BCUT2D eigenvalue weighted by Gasteiger charge is 2.21. The Kier molecular flexibility index (Phi) is 4.70. The highest BCUT2D eigenvalue weighted by molar-refractivity contribution is 5.30. The van der Waals surface area contributed by atoms with E-state index in [0.717, 1.165) is 36.8 Å². The van der Waals surface area contributed by atoms with Gasteiger partial charge in [0, 0.05) is 30.4 Å². The first kappa shape index (κ1) is 15.4. The lowest BCUT2D eigenvalue weighted by Crippen LogP contribution is -2.20. The summed E-state index contributed by atoms with van der Waals surface area (Å²) in [6.45, 7) is 4.29. The van der Waals surface area contributed by atoms with Gasteiger partial charge in [-0.25, -0.2) is 4.39 Å². The summed E-state index contributed by atoms with van der Waals surface area (Å²) in [7, 11) is 0. The Bertz CT molecular complexity index is 546. The normalized spacial score (nSPS) is 23.2. The largest absolute Gasteiger partial charge is 0.386 e. The average molecular weight is 302 g/mol. The zero-order chi connectivity index (χ0) is 15.5. The lowest BCUT2D eigenvalue weighted by molar-refractivity contribution is 0.559. The van der Waals surface area contributed by atoms with Crippen molar-refractivity contribution < 1.29 is 4.39 Å². The number of rotatable bonds is 5. The van der Waals surface area contributed by atoms with Gasteiger partial charge in [-0.1, -0.05) is 31.9 Å².